The minimum absolute atomic E-state index is 0.115. The lowest BCUT2D eigenvalue weighted by Gasteiger charge is -2.19. The number of hydrogen-bond donors (Lipinski definition) is 3. The maximum atomic E-state index is 12.2. The molecular formula is C21H29N3O4. The summed E-state index contributed by atoms with van der Waals surface area (Å²) in [6.45, 7) is 5.82. The zero-order chi connectivity index (χ0) is 20.6. The fourth-order valence-electron chi connectivity index (χ4n) is 2.35. The molecule has 0 radical (unpaired) electrons. The summed E-state index contributed by atoms with van der Waals surface area (Å²) < 4.78 is 5.12. The Balaban J connectivity index is 1.77. The fourth-order valence-corrected chi connectivity index (χ4v) is 2.35. The third kappa shape index (κ3) is 8.70. The van der Waals surface area contributed by atoms with Crippen molar-refractivity contribution in [3.63, 3.8) is 0 Å². The smallest absolute Gasteiger partial charge is 0.407 e. The predicted octanol–water partition coefficient (Wildman–Crippen LogP) is 3.12. The second-order valence-corrected chi connectivity index (χ2v) is 7.80. The van der Waals surface area contributed by atoms with Crippen LogP contribution >= 0.6 is 0 Å². The first-order valence-corrected chi connectivity index (χ1v) is 9.53. The highest BCUT2D eigenvalue weighted by molar-refractivity contribution is 5.92. The van der Waals surface area contributed by atoms with Gasteiger partial charge in [-0.3, -0.25) is 9.59 Å². The summed E-state index contributed by atoms with van der Waals surface area (Å²) in [4.78, 5) is 35.6. The van der Waals surface area contributed by atoms with Crippen molar-refractivity contribution in [2.75, 3.05) is 11.9 Å². The van der Waals surface area contributed by atoms with E-state index in [1.807, 2.05) is 24.3 Å². The number of carbonyl (C=O) groups is 3. The van der Waals surface area contributed by atoms with Gasteiger partial charge in [0.15, 0.2) is 0 Å². The average molecular weight is 387 g/mol. The Morgan fingerprint density at radius 1 is 1.14 bits per heavy atom. The number of benzene rings is 1. The van der Waals surface area contributed by atoms with Crippen molar-refractivity contribution in [1.29, 1.82) is 0 Å². The molecule has 1 fully saturated rings. The van der Waals surface area contributed by atoms with Gasteiger partial charge in [-0.05, 0) is 57.2 Å². The first kappa shape index (κ1) is 21.5. The van der Waals surface area contributed by atoms with Crippen molar-refractivity contribution < 1.29 is 19.1 Å². The number of hydrogen-bond acceptors (Lipinski definition) is 4. The molecule has 1 saturated carbocycles. The monoisotopic (exact) mass is 387 g/mol. The van der Waals surface area contributed by atoms with Gasteiger partial charge in [-0.2, -0.15) is 0 Å². The number of carbonyl (C=O) groups excluding carboxylic acids is 3. The minimum Gasteiger partial charge on any atom is -0.444 e. The van der Waals surface area contributed by atoms with Crippen LogP contribution in [0.5, 0.6) is 0 Å². The van der Waals surface area contributed by atoms with Crippen molar-refractivity contribution in [2.24, 2.45) is 5.92 Å². The Hall–Kier alpha value is -2.83. The van der Waals surface area contributed by atoms with Crippen LogP contribution in [0.25, 0.3) is 0 Å². The summed E-state index contributed by atoms with van der Waals surface area (Å²) in [6, 6.07) is 7.29. The fraction of sp³-hybridized carbons (Fsp3) is 0.476. The highest BCUT2D eigenvalue weighted by Gasteiger charge is 2.18. The molecule has 1 aromatic rings. The van der Waals surface area contributed by atoms with Crippen molar-refractivity contribution in [3.8, 4) is 0 Å². The number of para-hydroxylation sites is 1. The first-order valence-electron chi connectivity index (χ1n) is 9.53. The van der Waals surface area contributed by atoms with Gasteiger partial charge in [-0.25, -0.2) is 4.79 Å². The molecule has 0 spiro atoms. The highest BCUT2D eigenvalue weighted by Crippen LogP contribution is 2.29. The summed E-state index contributed by atoms with van der Waals surface area (Å²) in [7, 11) is 0. The largest absolute Gasteiger partial charge is 0.444 e. The van der Waals surface area contributed by atoms with E-state index in [9.17, 15) is 14.4 Å². The van der Waals surface area contributed by atoms with E-state index in [1.54, 1.807) is 32.9 Å². The molecule has 1 aliphatic carbocycles. The standard InChI is InChI=1S/C21H29N3O4/c1-21(2,3)28-20(27)22-13-12-19(26)24-17-7-5-4-6-16(17)14-23-18(25)11-10-15-8-9-15/h4-7,10-11,15H,8-9,12-14H2,1-3H3,(H,22,27)(H,23,25)(H,24,26)/b11-10+. The lowest BCUT2D eigenvalue weighted by atomic mass is 10.1. The van der Waals surface area contributed by atoms with E-state index in [0.717, 1.165) is 18.4 Å². The van der Waals surface area contributed by atoms with Gasteiger partial charge >= 0.3 is 6.09 Å². The van der Waals surface area contributed by atoms with Crippen molar-refractivity contribution in [2.45, 2.75) is 52.2 Å². The van der Waals surface area contributed by atoms with Gasteiger partial charge in [0, 0.05) is 25.2 Å². The molecule has 3 N–H and O–H groups in total. The molecule has 0 heterocycles. The Bertz CT molecular complexity index is 733. The second-order valence-electron chi connectivity index (χ2n) is 7.80. The van der Waals surface area contributed by atoms with Crippen LogP contribution in [-0.2, 0) is 20.9 Å². The average Bonchev–Trinajstić information content (AvgIpc) is 3.42. The molecule has 7 heteroatoms. The molecule has 0 atom stereocenters. The summed E-state index contributed by atoms with van der Waals surface area (Å²) in [5.74, 6) is 0.171. The molecule has 2 rings (SSSR count). The van der Waals surface area contributed by atoms with E-state index < -0.39 is 11.7 Å². The number of alkyl carbamates (subject to hydrolysis) is 1. The first-order chi connectivity index (χ1) is 13.2. The number of rotatable bonds is 8. The van der Waals surface area contributed by atoms with Crippen molar-refractivity contribution in [1.82, 2.24) is 10.6 Å². The molecule has 0 bridgehead atoms. The van der Waals surface area contributed by atoms with Crippen molar-refractivity contribution in [3.05, 3.63) is 42.0 Å². The van der Waals surface area contributed by atoms with Crippen LogP contribution in [0.1, 0.15) is 45.6 Å². The molecule has 1 aliphatic rings. The molecular weight excluding hydrogens is 358 g/mol. The molecule has 1 aromatic carbocycles. The number of amides is 3. The number of nitrogens with one attached hydrogen (secondary N) is 3. The molecule has 0 unspecified atom stereocenters. The molecule has 3 amide bonds. The van der Waals surface area contributed by atoms with Gasteiger partial charge in [0.1, 0.15) is 5.60 Å². The van der Waals surface area contributed by atoms with Crippen LogP contribution in [0.2, 0.25) is 0 Å². The Labute approximate surface area is 165 Å². The Morgan fingerprint density at radius 3 is 2.54 bits per heavy atom. The Kier molecular flexibility index (Phi) is 7.61. The molecule has 0 aromatic heterocycles. The van der Waals surface area contributed by atoms with E-state index in [2.05, 4.69) is 16.0 Å². The van der Waals surface area contributed by atoms with Gasteiger partial charge < -0.3 is 20.7 Å². The third-order valence-corrected chi connectivity index (χ3v) is 3.91. The van der Waals surface area contributed by atoms with Gasteiger partial charge in [-0.1, -0.05) is 24.3 Å². The minimum atomic E-state index is -0.580. The van der Waals surface area contributed by atoms with Gasteiger partial charge in [0.05, 0.1) is 0 Å². The van der Waals surface area contributed by atoms with Crippen LogP contribution in [0.15, 0.2) is 36.4 Å². The lowest BCUT2D eigenvalue weighted by molar-refractivity contribution is -0.117. The summed E-state index contributed by atoms with van der Waals surface area (Å²) in [5, 5.41) is 8.19. The lowest BCUT2D eigenvalue weighted by Crippen LogP contribution is -2.34. The van der Waals surface area contributed by atoms with Gasteiger partial charge in [0.2, 0.25) is 11.8 Å². The third-order valence-electron chi connectivity index (χ3n) is 3.91. The van der Waals surface area contributed by atoms with Gasteiger partial charge in [-0.15, -0.1) is 0 Å². The highest BCUT2D eigenvalue weighted by atomic mass is 16.6. The van der Waals surface area contributed by atoms with E-state index >= 15 is 0 Å². The second kappa shape index (κ2) is 9.92. The van der Waals surface area contributed by atoms with Gasteiger partial charge in [0.25, 0.3) is 0 Å². The SMILES string of the molecule is CC(C)(C)OC(=O)NCCC(=O)Nc1ccccc1CNC(=O)/C=C/C1CC1. The van der Waals surface area contributed by atoms with Crippen LogP contribution in [0.4, 0.5) is 10.5 Å². The summed E-state index contributed by atoms with van der Waals surface area (Å²) in [6.07, 6.45) is 5.37. The van der Waals surface area contributed by atoms with E-state index in [4.69, 9.17) is 4.74 Å². The Morgan fingerprint density at radius 2 is 1.86 bits per heavy atom. The quantitative estimate of drug-likeness (QED) is 0.597. The zero-order valence-corrected chi connectivity index (χ0v) is 16.7. The number of allylic oxidation sites excluding steroid dienone is 1. The van der Waals surface area contributed by atoms with Crippen LogP contribution in [0, 0.1) is 5.92 Å². The molecule has 28 heavy (non-hydrogen) atoms. The number of anilines is 1. The molecule has 152 valence electrons. The van der Waals surface area contributed by atoms with Crippen LogP contribution in [-0.4, -0.2) is 30.1 Å². The van der Waals surface area contributed by atoms with E-state index in [-0.39, 0.29) is 24.8 Å². The predicted molar refractivity (Wildman–Crippen MR) is 108 cm³/mol. The summed E-state index contributed by atoms with van der Waals surface area (Å²) in [5.41, 5.74) is 0.865. The van der Waals surface area contributed by atoms with E-state index in [0.29, 0.717) is 18.2 Å². The van der Waals surface area contributed by atoms with Crippen LogP contribution in [0.3, 0.4) is 0 Å². The maximum Gasteiger partial charge on any atom is 0.407 e. The van der Waals surface area contributed by atoms with E-state index in [1.165, 1.54) is 0 Å². The normalized spacial score (nSPS) is 13.8. The molecule has 0 aliphatic heterocycles. The molecule has 0 saturated heterocycles. The topological polar surface area (TPSA) is 96.5 Å². The number of ether oxygens (including phenoxy) is 1. The van der Waals surface area contributed by atoms with Crippen molar-refractivity contribution >= 4 is 23.6 Å². The summed E-state index contributed by atoms with van der Waals surface area (Å²) >= 11 is 0. The zero-order valence-electron chi connectivity index (χ0n) is 16.7. The maximum absolute atomic E-state index is 12.2. The molecule has 7 nitrogen and oxygen atoms in total. The van der Waals surface area contributed by atoms with Crippen LogP contribution < -0.4 is 16.0 Å².